The molecule has 125 valence electrons. The first-order valence-corrected chi connectivity index (χ1v) is 7.76. The van der Waals surface area contributed by atoms with Gasteiger partial charge in [-0.05, 0) is 31.0 Å². The van der Waals surface area contributed by atoms with E-state index in [4.69, 9.17) is 14.2 Å². The van der Waals surface area contributed by atoms with E-state index >= 15 is 0 Å². The van der Waals surface area contributed by atoms with Gasteiger partial charge in [-0.2, -0.15) is 6.08 Å². The van der Waals surface area contributed by atoms with Crippen molar-refractivity contribution < 1.29 is 51.7 Å². The maximum Gasteiger partial charge on any atom is 0.122 e. The smallest absolute Gasteiger partial charge is 0.122 e. The Morgan fingerprint density at radius 3 is 2.52 bits per heavy atom. The Morgan fingerprint density at radius 1 is 1.30 bits per heavy atom. The van der Waals surface area contributed by atoms with E-state index < -0.39 is 0 Å². The fourth-order valence-electron chi connectivity index (χ4n) is 1.90. The first-order valence-electron chi connectivity index (χ1n) is 6.88. The summed E-state index contributed by atoms with van der Waals surface area (Å²) in [5.74, 6) is 0.419. The molecule has 0 spiro atoms. The third-order valence-corrected chi connectivity index (χ3v) is 4.37. The monoisotopic (exact) mass is 413 g/mol. The third kappa shape index (κ3) is 6.93. The zero-order chi connectivity index (χ0) is 16.5. The van der Waals surface area contributed by atoms with Crippen LogP contribution in [-0.2, 0) is 51.7 Å². The topological polar surface area (TPSA) is 57.7 Å². The van der Waals surface area contributed by atoms with Crippen molar-refractivity contribution in [3.05, 3.63) is 34.0 Å². The Bertz CT molecular complexity index is 530. The fourth-order valence-corrected chi connectivity index (χ4v) is 2.72. The summed E-state index contributed by atoms with van der Waals surface area (Å²) in [5, 5.41) is 2.89. The van der Waals surface area contributed by atoms with Gasteiger partial charge in [0.05, 0.1) is 18.9 Å². The van der Waals surface area contributed by atoms with Crippen LogP contribution < -0.4 is 0 Å². The molecule has 1 aromatic heterocycles. The molecule has 1 rings (SSSR count). The molecule has 1 heterocycles. The van der Waals surface area contributed by atoms with Crippen molar-refractivity contribution in [2.75, 3.05) is 21.3 Å². The third-order valence-electron chi connectivity index (χ3n) is 3.35. The Labute approximate surface area is 167 Å². The summed E-state index contributed by atoms with van der Waals surface area (Å²) in [7, 11) is 4.80. The van der Waals surface area contributed by atoms with Crippen molar-refractivity contribution in [3.63, 3.8) is 0 Å². The standard InChI is InChI=1S/C16H22NO4S.Y/c1-11(15(21-5)8-9-18)14(20-4)7-6-13-10-22-16(17-13)12(2)19-3;/h6-8,10-12,14H,1-5H3;/q-1;/b7-6+,15-8+;. The van der Waals surface area contributed by atoms with Gasteiger partial charge in [-0.3, -0.25) is 0 Å². The Kier molecular flexibility index (Phi) is 11.8. The second kappa shape index (κ2) is 12.0. The molecule has 0 N–H and O–H groups in total. The number of hydrogen-bond donors (Lipinski definition) is 0. The molecular weight excluding hydrogens is 391 g/mol. The van der Waals surface area contributed by atoms with Gasteiger partial charge < -0.3 is 19.0 Å². The molecule has 0 amide bonds. The number of ether oxygens (including phenoxy) is 3. The second-order valence-electron chi connectivity index (χ2n) is 4.71. The first kappa shape index (κ1) is 22.6. The normalized spacial score (nSPS) is 15.8. The molecular formula is C16H22NO4SY-. The van der Waals surface area contributed by atoms with Crippen molar-refractivity contribution in [1.82, 2.24) is 4.98 Å². The van der Waals surface area contributed by atoms with E-state index in [-0.39, 0.29) is 50.8 Å². The van der Waals surface area contributed by atoms with Crippen molar-refractivity contribution in [1.29, 1.82) is 0 Å². The molecule has 1 radical (unpaired) electrons. The average molecular weight is 413 g/mol. The van der Waals surface area contributed by atoms with Gasteiger partial charge in [0, 0.05) is 52.3 Å². The average Bonchev–Trinajstić information content (AvgIpc) is 3.01. The molecule has 0 saturated carbocycles. The van der Waals surface area contributed by atoms with E-state index in [0.29, 0.717) is 5.76 Å². The van der Waals surface area contributed by atoms with Crippen molar-refractivity contribution in [2.24, 2.45) is 5.92 Å². The first-order chi connectivity index (χ1) is 10.6. The summed E-state index contributed by atoms with van der Waals surface area (Å²) in [6.45, 7) is 3.88. The molecule has 0 aliphatic carbocycles. The van der Waals surface area contributed by atoms with Gasteiger partial charge in [-0.1, -0.05) is 13.0 Å². The van der Waals surface area contributed by atoms with Gasteiger partial charge in [0.25, 0.3) is 0 Å². The molecule has 1 aromatic rings. The van der Waals surface area contributed by atoms with Gasteiger partial charge >= 0.3 is 0 Å². The maximum absolute atomic E-state index is 10.5. The minimum atomic E-state index is -0.232. The number of nitrogens with zero attached hydrogens (tertiary/aromatic N) is 1. The van der Waals surface area contributed by atoms with Crippen LogP contribution in [0, 0.1) is 5.92 Å². The summed E-state index contributed by atoms with van der Waals surface area (Å²) < 4.78 is 15.9. The SMILES string of the molecule is CO/C(=C/[C-]=O)C(C)C(/C=C/c1csc(C(C)OC)n1)OC.[Y]. The van der Waals surface area contributed by atoms with E-state index in [1.54, 1.807) is 31.8 Å². The van der Waals surface area contributed by atoms with Crippen LogP contribution in [-0.4, -0.2) is 38.7 Å². The zero-order valence-electron chi connectivity index (χ0n) is 14.1. The molecule has 5 nitrogen and oxygen atoms in total. The Balaban J connectivity index is 0.00000484. The number of rotatable bonds is 9. The fraction of sp³-hybridized carbons (Fsp3) is 0.500. The van der Waals surface area contributed by atoms with Crippen LogP contribution >= 0.6 is 11.3 Å². The van der Waals surface area contributed by atoms with Crippen LogP contribution in [0.4, 0.5) is 0 Å². The summed E-state index contributed by atoms with van der Waals surface area (Å²) in [6.07, 6.45) is 6.56. The summed E-state index contributed by atoms with van der Waals surface area (Å²) in [4.78, 5) is 15.0. The minimum Gasteiger partial charge on any atom is -0.585 e. The summed E-state index contributed by atoms with van der Waals surface area (Å²) in [5.41, 5.74) is 0.850. The van der Waals surface area contributed by atoms with Crippen molar-refractivity contribution in [2.45, 2.75) is 26.1 Å². The van der Waals surface area contributed by atoms with E-state index in [2.05, 4.69) is 4.98 Å². The molecule has 3 unspecified atom stereocenters. The predicted octanol–water partition coefficient (Wildman–Crippen LogP) is 3.15. The number of aromatic nitrogens is 1. The number of hydrogen-bond acceptors (Lipinski definition) is 6. The molecule has 7 heteroatoms. The number of carbonyl (C=O) groups excluding carboxylic acids is 1. The van der Waals surface area contributed by atoms with Gasteiger partial charge in [-0.25, -0.2) is 4.98 Å². The second-order valence-corrected chi connectivity index (χ2v) is 5.60. The summed E-state index contributed by atoms with van der Waals surface area (Å²) in [6, 6.07) is 0. The molecule has 0 aliphatic rings. The van der Waals surface area contributed by atoms with Gasteiger partial charge in [0.1, 0.15) is 11.1 Å². The number of methoxy groups -OCH3 is 3. The van der Waals surface area contributed by atoms with Crippen LogP contribution in [0.1, 0.15) is 30.7 Å². The number of allylic oxidation sites excluding steroid dienone is 1. The molecule has 0 saturated heterocycles. The van der Waals surface area contributed by atoms with Crippen LogP contribution in [0.25, 0.3) is 6.08 Å². The van der Waals surface area contributed by atoms with Gasteiger partial charge in [-0.15, -0.1) is 11.3 Å². The molecule has 0 aromatic carbocycles. The molecule has 0 aliphatic heterocycles. The quantitative estimate of drug-likeness (QED) is 0.354. The minimum absolute atomic E-state index is 0. The predicted molar refractivity (Wildman–Crippen MR) is 87.3 cm³/mol. The van der Waals surface area contributed by atoms with E-state index in [1.165, 1.54) is 13.2 Å². The van der Waals surface area contributed by atoms with E-state index in [0.717, 1.165) is 10.7 Å². The van der Waals surface area contributed by atoms with Crippen LogP contribution in [0.5, 0.6) is 0 Å². The van der Waals surface area contributed by atoms with Crippen LogP contribution in [0.2, 0.25) is 0 Å². The van der Waals surface area contributed by atoms with E-state index in [1.807, 2.05) is 31.4 Å². The maximum atomic E-state index is 10.5. The molecule has 3 atom stereocenters. The van der Waals surface area contributed by atoms with Gasteiger partial charge in [0.15, 0.2) is 0 Å². The molecule has 0 bridgehead atoms. The molecule has 23 heavy (non-hydrogen) atoms. The van der Waals surface area contributed by atoms with Crippen molar-refractivity contribution >= 4 is 23.7 Å². The van der Waals surface area contributed by atoms with Crippen LogP contribution in [0.15, 0.2) is 23.3 Å². The summed E-state index contributed by atoms with van der Waals surface area (Å²) >= 11 is 1.55. The van der Waals surface area contributed by atoms with Crippen LogP contribution in [0.3, 0.4) is 0 Å². The zero-order valence-corrected chi connectivity index (χ0v) is 17.8. The Morgan fingerprint density at radius 2 is 2.00 bits per heavy atom. The van der Waals surface area contributed by atoms with Crippen molar-refractivity contribution in [3.8, 4) is 0 Å². The van der Waals surface area contributed by atoms with E-state index in [9.17, 15) is 4.79 Å². The Hall–Kier alpha value is -0.396. The number of thiazole rings is 1. The van der Waals surface area contributed by atoms with Gasteiger partial charge in [0.2, 0.25) is 0 Å². The molecule has 0 fully saturated rings. The largest absolute Gasteiger partial charge is 0.585 e.